The van der Waals surface area contributed by atoms with Gasteiger partial charge < -0.3 is 0 Å². The Bertz CT molecular complexity index is 76.1. The van der Waals surface area contributed by atoms with Crippen molar-refractivity contribution in [3.63, 3.8) is 0 Å². The van der Waals surface area contributed by atoms with E-state index in [0.29, 0.717) is 0 Å². The van der Waals surface area contributed by atoms with Gasteiger partial charge in [-0.25, -0.2) is 0 Å². The van der Waals surface area contributed by atoms with Crippen molar-refractivity contribution in [1.29, 1.82) is 0 Å². The van der Waals surface area contributed by atoms with Crippen molar-refractivity contribution in [2.75, 3.05) is 0 Å². The van der Waals surface area contributed by atoms with Crippen LogP contribution in [0.3, 0.4) is 0 Å². The minimum Gasteiger partial charge on any atom is -0.0654 e. The SMILES string of the molecule is C[CH]CCCC(CC)CCCC. The Morgan fingerprint density at radius 2 is 1.75 bits per heavy atom. The second-order valence-electron chi connectivity index (χ2n) is 3.76. The highest BCUT2D eigenvalue weighted by Gasteiger charge is 2.04. The van der Waals surface area contributed by atoms with Crippen LogP contribution in [0, 0.1) is 12.3 Å². The quantitative estimate of drug-likeness (QED) is 0.466. The van der Waals surface area contributed by atoms with E-state index in [2.05, 4.69) is 27.2 Å². The van der Waals surface area contributed by atoms with E-state index in [9.17, 15) is 0 Å². The second-order valence-corrected chi connectivity index (χ2v) is 3.76. The molecular formula is C12H25. The predicted molar refractivity (Wildman–Crippen MR) is 57.1 cm³/mol. The number of hydrogen-bond acceptors (Lipinski definition) is 0. The summed E-state index contributed by atoms with van der Waals surface area (Å²) in [4.78, 5) is 0. The standard InChI is InChI=1S/C12H25/c1-4-7-9-11-12(6-3)10-8-5-2/h4,12H,5-11H2,1-3H3. The van der Waals surface area contributed by atoms with Crippen molar-refractivity contribution in [3.8, 4) is 0 Å². The Morgan fingerprint density at radius 3 is 2.25 bits per heavy atom. The highest BCUT2D eigenvalue weighted by atomic mass is 14.1. The summed E-state index contributed by atoms with van der Waals surface area (Å²) >= 11 is 0. The van der Waals surface area contributed by atoms with Crippen LogP contribution in [0.15, 0.2) is 0 Å². The molecule has 0 spiro atoms. The van der Waals surface area contributed by atoms with Gasteiger partial charge in [0.05, 0.1) is 0 Å². The zero-order chi connectivity index (χ0) is 9.23. The molecule has 1 unspecified atom stereocenters. The van der Waals surface area contributed by atoms with Crippen LogP contribution < -0.4 is 0 Å². The van der Waals surface area contributed by atoms with E-state index in [0.717, 1.165) is 5.92 Å². The summed E-state index contributed by atoms with van der Waals surface area (Å²) in [5, 5.41) is 0. The van der Waals surface area contributed by atoms with Gasteiger partial charge in [-0.1, -0.05) is 65.7 Å². The summed E-state index contributed by atoms with van der Waals surface area (Å²) in [6.07, 6.45) is 12.1. The molecular weight excluding hydrogens is 144 g/mol. The summed E-state index contributed by atoms with van der Waals surface area (Å²) < 4.78 is 0. The van der Waals surface area contributed by atoms with Crippen LogP contribution in [0.5, 0.6) is 0 Å². The molecule has 0 aromatic rings. The predicted octanol–water partition coefficient (Wildman–Crippen LogP) is 4.60. The Morgan fingerprint density at radius 1 is 1.08 bits per heavy atom. The lowest BCUT2D eigenvalue weighted by Gasteiger charge is -2.13. The molecule has 0 nitrogen and oxygen atoms in total. The first-order chi connectivity index (χ1) is 5.85. The molecule has 0 aliphatic carbocycles. The second kappa shape index (κ2) is 9.09. The Labute approximate surface area is 78.8 Å². The summed E-state index contributed by atoms with van der Waals surface area (Å²) in [7, 11) is 0. The van der Waals surface area contributed by atoms with E-state index in [1.54, 1.807) is 0 Å². The molecule has 0 aliphatic heterocycles. The van der Waals surface area contributed by atoms with Crippen molar-refractivity contribution < 1.29 is 0 Å². The molecule has 73 valence electrons. The van der Waals surface area contributed by atoms with E-state index in [1.165, 1.54) is 44.9 Å². The summed E-state index contributed by atoms with van der Waals surface area (Å²) in [5.41, 5.74) is 0. The molecule has 0 N–H and O–H groups in total. The number of hydrogen-bond donors (Lipinski definition) is 0. The molecule has 1 radical (unpaired) electrons. The third kappa shape index (κ3) is 6.69. The number of unbranched alkanes of at least 4 members (excludes halogenated alkanes) is 3. The fourth-order valence-electron chi connectivity index (χ4n) is 1.66. The van der Waals surface area contributed by atoms with E-state index < -0.39 is 0 Å². The lowest BCUT2D eigenvalue weighted by atomic mass is 9.93. The van der Waals surface area contributed by atoms with Gasteiger partial charge in [0.1, 0.15) is 0 Å². The number of rotatable bonds is 8. The van der Waals surface area contributed by atoms with E-state index in [4.69, 9.17) is 0 Å². The van der Waals surface area contributed by atoms with Crippen LogP contribution in [0.4, 0.5) is 0 Å². The molecule has 0 saturated heterocycles. The van der Waals surface area contributed by atoms with Crippen molar-refractivity contribution in [2.24, 2.45) is 5.92 Å². The van der Waals surface area contributed by atoms with Crippen LogP contribution in [0.1, 0.15) is 65.7 Å². The molecule has 0 heteroatoms. The van der Waals surface area contributed by atoms with Gasteiger partial charge in [-0.2, -0.15) is 0 Å². The fourth-order valence-corrected chi connectivity index (χ4v) is 1.66. The van der Waals surface area contributed by atoms with Gasteiger partial charge >= 0.3 is 0 Å². The van der Waals surface area contributed by atoms with Gasteiger partial charge in [0.2, 0.25) is 0 Å². The minimum absolute atomic E-state index is 1.00. The van der Waals surface area contributed by atoms with E-state index in [-0.39, 0.29) is 0 Å². The van der Waals surface area contributed by atoms with Gasteiger partial charge in [0.15, 0.2) is 0 Å². The topological polar surface area (TPSA) is 0 Å². The first kappa shape index (κ1) is 12.0. The van der Waals surface area contributed by atoms with Gasteiger partial charge in [0, 0.05) is 0 Å². The first-order valence-corrected chi connectivity index (χ1v) is 5.62. The Balaban J connectivity index is 3.26. The van der Waals surface area contributed by atoms with Crippen LogP contribution in [-0.2, 0) is 0 Å². The zero-order valence-electron chi connectivity index (χ0n) is 9.10. The van der Waals surface area contributed by atoms with Crippen LogP contribution in [0.25, 0.3) is 0 Å². The van der Waals surface area contributed by atoms with Crippen LogP contribution in [-0.4, -0.2) is 0 Å². The van der Waals surface area contributed by atoms with Gasteiger partial charge in [0.25, 0.3) is 0 Å². The van der Waals surface area contributed by atoms with E-state index in [1.807, 2.05) is 0 Å². The highest BCUT2D eigenvalue weighted by molar-refractivity contribution is 4.61. The third-order valence-electron chi connectivity index (χ3n) is 2.65. The average Bonchev–Trinajstić information content (AvgIpc) is 2.11. The molecule has 0 amide bonds. The van der Waals surface area contributed by atoms with Gasteiger partial charge in [-0.05, 0) is 12.3 Å². The summed E-state index contributed by atoms with van der Waals surface area (Å²) in [6, 6.07) is 0. The lowest BCUT2D eigenvalue weighted by molar-refractivity contribution is 0.409. The lowest BCUT2D eigenvalue weighted by Crippen LogP contribution is -1.98. The smallest absolute Gasteiger partial charge is 0.0417 e. The van der Waals surface area contributed by atoms with Crippen LogP contribution >= 0.6 is 0 Å². The van der Waals surface area contributed by atoms with Crippen molar-refractivity contribution in [3.05, 3.63) is 6.42 Å². The van der Waals surface area contributed by atoms with Gasteiger partial charge in [-0.3, -0.25) is 0 Å². The molecule has 0 heterocycles. The maximum Gasteiger partial charge on any atom is -0.0417 e. The molecule has 0 rings (SSSR count). The highest BCUT2D eigenvalue weighted by Crippen LogP contribution is 2.19. The monoisotopic (exact) mass is 169 g/mol. The maximum atomic E-state index is 2.33. The molecule has 1 atom stereocenters. The van der Waals surface area contributed by atoms with Crippen molar-refractivity contribution in [1.82, 2.24) is 0 Å². The Hall–Kier alpha value is 0. The molecule has 12 heavy (non-hydrogen) atoms. The Kier molecular flexibility index (Phi) is 9.09. The summed E-state index contributed by atoms with van der Waals surface area (Å²) in [5.74, 6) is 1.00. The first-order valence-electron chi connectivity index (χ1n) is 5.62. The molecule has 0 aliphatic rings. The molecule has 0 aromatic carbocycles. The normalized spacial score (nSPS) is 13.2. The average molecular weight is 169 g/mol. The molecule has 0 fully saturated rings. The van der Waals surface area contributed by atoms with Crippen molar-refractivity contribution in [2.45, 2.75) is 65.7 Å². The molecule has 0 bridgehead atoms. The maximum absolute atomic E-state index is 2.33. The summed E-state index contributed by atoms with van der Waals surface area (Å²) in [6.45, 7) is 6.77. The minimum atomic E-state index is 1.00. The molecule has 0 aromatic heterocycles. The van der Waals surface area contributed by atoms with Gasteiger partial charge in [-0.15, -0.1) is 0 Å². The zero-order valence-corrected chi connectivity index (χ0v) is 9.10. The largest absolute Gasteiger partial charge is 0.0654 e. The van der Waals surface area contributed by atoms with Crippen LogP contribution in [0.2, 0.25) is 0 Å². The molecule has 0 saturated carbocycles. The fraction of sp³-hybridized carbons (Fsp3) is 0.917. The van der Waals surface area contributed by atoms with Crippen molar-refractivity contribution >= 4 is 0 Å². The van der Waals surface area contributed by atoms with E-state index >= 15 is 0 Å². The third-order valence-corrected chi connectivity index (χ3v) is 2.65.